The molecule has 0 aliphatic carbocycles. The highest BCUT2D eigenvalue weighted by Gasteiger charge is 2.22. The van der Waals surface area contributed by atoms with Crippen molar-refractivity contribution in [1.82, 2.24) is 10.6 Å². The summed E-state index contributed by atoms with van der Waals surface area (Å²) in [6, 6.07) is 1.14. The van der Waals surface area contributed by atoms with Gasteiger partial charge in [-0.1, -0.05) is 32.9 Å². The maximum Gasteiger partial charge on any atom is 0.323 e. The molecular formula is C18H28N2O7. The molecule has 152 valence electrons. The van der Waals surface area contributed by atoms with Gasteiger partial charge in [-0.15, -0.1) is 0 Å². The van der Waals surface area contributed by atoms with Gasteiger partial charge in [-0.25, -0.2) is 0 Å². The zero-order valence-corrected chi connectivity index (χ0v) is 15.7. The Labute approximate surface area is 157 Å². The SMILES string of the molecule is CC(C)(C)c1cc(CN[C@@H](CO)C(=O)O)c(O)c(CN[C@@H](CO)C(=O)O)c1. The molecule has 0 bridgehead atoms. The fraction of sp³-hybridized carbons (Fsp3) is 0.556. The quantitative estimate of drug-likeness (QED) is 0.289. The van der Waals surface area contributed by atoms with E-state index in [2.05, 4.69) is 10.6 Å². The van der Waals surface area contributed by atoms with Gasteiger partial charge in [0.1, 0.15) is 17.8 Å². The van der Waals surface area contributed by atoms with E-state index < -0.39 is 37.2 Å². The van der Waals surface area contributed by atoms with E-state index in [9.17, 15) is 14.7 Å². The molecule has 0 radical (unpaired) electrons. The standard InChI is InChI=1S/C18H28N2O7/c1-18(2,3)12-4-10(6-19-13(8-21)16(24)25)15(23)11(5-12)7-20-14(9-22)17(26)27/h4-5,13-14,19-23H,6-9H2,1-3H3,(H,24,25)(H,26,27)/t13-,14-/m0/s1. The fourth-order valence-electron chi connectivity index (χ4n) is 2.39. The predicted octanol–water partition coefficient (Wildman–Crippen LogP) is -0.240. The van der Waals surface area contributed by atoms with Crippen molar-refractivity contribution in [1.29, 1.82) is 0 Å². The lowest BCUT2D eigenvalue weighted by molar-refractivity contribution is -0.141. The minimum Gasteiger partial charge on any atom is -0.507 e. The lowest BCUT2D eigenvalue weighted by Gasteiger charge is -2.23. The Morgan fingerprint density at radius 2 is 1.30 bits per heavy atom. The Morgan fingerprint density at radius 3 is 1.56 bits per heavy atom. The fourth-order valence-corrected chi connectivity index (χ4v) is 2.39. The van der Waals surface area contributed by atoms with Crippen LogP contribution in [0.25, 0.3) is 0 Å². The number of hydrogen-bond donors (Lipinski definition) is 7. The number of carboxylic acid groups (broad SMARTS) is 2. The van der Waals surface area contributed by atoms with Crippen LogP contribution < -0.4 is 10.6 Å². The van der Waals surface area contributed by atoms with E-state index in [0.29, 0.717) is 11.1 Å². The molecule has 0 fully saturated rings. The zero-order valence-electron chi connectivity index (χ0n) is 15.7. The molecule has 27 heavy (non-hydrogen) atoms. The molecule has 0 aliphatic heterocycles. The van der Waals surface area contributed by atoms with Gasteiger partial charge in [0.25, 0.3) is 0 Å². The smallest absolute Gasteiger partial charge is 0.323 e. The lowest BCUT2D eigenvalue weighted by Crippen LogP contribution is -2.39. The van der Waals surface area contributed by atoms with E-state index in [1.54, 1.807) is 12.1 Å². The average Bonchev–Trinajstić information content (AvgIpc) is 2.56. The van der Waals surface area contributed by atoms with Gasteiger partial charge >= 0.3 is 11.9 Å². The second kappa shape index (κ2) is 9.65. The molecule has 9 nitrogen and oxygen atoms in total. The summed E-state index contributed by atoms with van der Waals surface area (Å²) >= 11 is 0. The third kappa shape index (κ3) is 6.47. The van der Waals surface area contributed by atoms with Crippen LogP contribution in [-0.4, -0.2) is 62.8 Å². The van der Waals surface area contributed by atoms with Crippen LogP contribution in [0.5, 0.6) is 5.75 Å². The Bertz CT molecular complexity index is 623. The van der Waals surface area contributed by atoms with Crippen molar-refractivity contribution < 1.29 is 35.1 Å². The molecule has 0 spiro atoms. The third-order valence-corrected chi connectivity index (χ3v) is 4.17. The average molecular weight is 384 g/mol. The highest BCUT2D eigenvalue weighted by Crippen LogP contribution is 2.31. The molecule has 1 rings (SSSR count). The highest BCUT2D eigenvalue weighted by molar-refractivity contribution is 5.74. The molecule has 0 saturated heterocycles. The molecule has 7 N–H and O–H groups in total. The molecule has 2 atom stereocenters. The number of carbonyl (C=O) groups is 2. The van der Waals surface area contributed by atoms with E-state index in [-0.39, 0.29) is 24.3 Å². The van der Waals surface area contributed by atoms with E-state index in [4.69, 9.17) is 20.4 Å². The van der Waals surface area contributed by atoms with Gasteiger partial charge in [0.15, 0.2) is 0 Å². The monoisotopic (exact) mass is 384 g/mol. The number of aliphatic hydroxyl groups excluding tert-OH is 2. The first-order chi connectivity index (χ1) is 12.5. The number of aliphatic hydroxyl groups is 2. The molecule has 1 aromatic carbocycles. The van der Waals surface area contributed by atoms with Gasteiger partial charge in [0.2, 0.25) is 0 Å². The molecule has 0 heterocycles. The molecule has 0 amide bonds. The van der Waals surface area contributed by atoms with Crippen molar-refractivity contribution >= 4 is 11.9 Å². The van der Waals surface area contributed by atoms with Crippen molar-refractivity contribution in [3.63, 3.8) is 0 Å². The van der Waals surface area contributed by atoms with Crippen LogP contribution in [0, 0.1) is 0 Å². The van der Waals surface area contributed by atoms with Crippen molar-refractivity contribution in [2.75, 3.05) is 13.2 Å². The summed E-state index contributed by atoms with van der Waals surface area (Å²) in [5.74, 6) is -2.52. The third-order valence-electron chi connectivity index (χ3n) is 4.17. The topological polar surface area (TPSA) is 159 Å². The van der Waals surface area contributed by atoms with Crippen molar-refractivity contribution in [3.05, 3.63) is 28.8 Å². The number of aliphatic carboxylic acids is 2. The van der Waals surface area contributed by atoms with Crippen LogP contribution in [0.4, 0.5) is 0 Å². The van der Waals surface area contributed by atoms with Crippen molar-refractivity contribution in [2.45, 2.75) is 51.4 Å². The maximum atomic E-state index is 11.0. The largest absolute Gasteiger partial charge is 0.507 e. The summed E-state index contributed by atoms with van der Waals surface area (Å²) in [5.41, 5.74) is 1.44. The van der Waals surface area contributed by atoms with Gasteiger partial charge in [-0.3, -0.25) is 20.2 Å². The summed E-state index contributed by atoms with van der Waals surface area (Å²) in [6.45, 7) is 4.71. The van der Waals surface area contributed by atoms with Crippen molar-refractivity contribution in [3.8, 4) is 5.75 Å². The zero-order chi connectivity index (χ0) is 20.8. The number of phenols is 1. The molecule has 0 unspecified atom stereocenters. The molecule has 0 aliphatic rings. The summed E-state index contributed by atoms with van der Waals surface area (Å²) in [6.07, 6.45) is 0. The van der Waals surface area contributed by atoms with E-state index >= 15 is 0 Å². The first kappa shape index (κ1) is 22.8. The summed E-state index contributed by atoms with van der Waals surface area (Å²) in [5, 5.41) is 52.1. The summed E-state index contributed by atoms with van der Waals surface area (Å²) in [7, 11) is 0. The van der Waals surface area contributed by atoms with Crippen LogP contribution in [0.1, 0.15) is 37.5 Å². The summed E-state index contributed by atoms with van der Waals surface area (Å²) in [4.78, 5) is 22.1. The molecule has 1 aromatic rings. The lowest BCUT2D eigenvalue weighted by atomic mass is 9.84. The maximum absolute atomic E-state index is 11.0. The van der Waals surface area contributed by atoms with Gasteiger partial charge in [0, 0.05) is 24.2 Å². The number of phenolic OH excluding ortho intramolecular Hbond substituents is 1. The van der Waals surface area contributed by atoms with Crippen LogP contribution >= 0.6 is 0 Å². The number of rotatable bonds is 10. The van der Waals surface area contributed by atoms with Crippen molar-refractivity contribution in [2.24, 2.45) is 0 Å². The first-order valence-electron chi connectivity index (χ1n) is 8.50. The normalized spacial score (nSPS) is 14.0. The Hall–Kier alpha value is -2.20. The second-order valence-corrected chi connectivity index (χ2v) is 7.30. The molecular weight excluding hydrogens is 356 g/mol. The summed E-state index contributed by atoms with van der Waals surface area (Å²) < 4.78 is 0. The van der Waals surface area contributed by atoms with Gasteiger partial charge in [-0.2, -0.15) is 0 Å². The van der Waals surface area contributed by atoms with Crippen LogP contribution in [0.2, 0.25) is 0 Å². The van der Waals surface area contributed by atoms with E-state index in [1.165, 1.54) is 0 Å². The molecule has 0 aromatic heterocycles. The number of benzene rings is 1. The number of nitrogens with one attached hydrogen (secondary N) is 2. The van der Waals surface area contributed by atoms with Gasteiger partial charge in [-0.05, 0) is 11.0 Å². The van der Waals surface area contributed by atoms with Crippen LogP contribution in [0.15, 0.2) is 12.1 Å². The van der Waals surface area contributed by atoms with Gasteiger partial charge in [0.05, 0.1) is 13.2 Å². The Morgan fingerprint density at radius 1 is 0.926 bits per heavy atom. The minimum atomic E-state index is -1.21. The van der Waals surface area contributed by atoms with Gasteiger partial charge < -0.3 is 25.5 Å². The highest BCUT2D eigenvalue weighted by atomic mass is 16.4. The predicted molar refractivity (Wildman–Crippen MR) is 97.5 cm³/mol. The number of hydrogen-bond acceptors (Lipinski definition) is 7. The van der Waals surface area contributed by atoms with Crippen LogP contribution in [0.3, 0.4) is 0 Å². The Balaban J connectivity index is 3.15. The minimum absolute atomic E-state index is 0.00262. The molecule has 9 heteroatoms. The molecule has 0 saturated carbocycles. The Kier molecular flexibility index (Phi) is 8.17. The number of aromatic hydroxyl groups is 1. The first-order valence-corrected chi connectivity index (χ1v) is 8.50. The van der Waals surface area contributed by atoms with E-state index in [1.807, 2.05) is 20.8 Å². The number of carboxylic acids is 2. The van der Waals surface area contributed by atoms with E-state index in [0.717, 1.165) is 5.56 Å². The second-order valence-electron chi connectivity index (χ2n) is 7.30. The van der Waals surface area contributed by atoms with Crippen LogP contribution in [-0.2, 0) is 28.1 Å².